The van der Waals surface area contributed by atoms with Gasteiger partial charge in [-0.3, -0.25) is 0 Å². The number of nitrogens with zero attached hydrogens (tertiary/aromatic N) is 1. The molecule has 1 aromatic heterocycles. The van der Waals surface area contributed by atoms with Crippen LogP contribution in [0.2, 0.25) is 10.0 Å². The summed E-state index contributed by atoms with van der Waals surface area (Å²) in [5.74, 6) is -0.511. The van der Waals surface area contributed by atoms with Crippen molar-refractivity contribution in [2.45, 2.75) is 0 Å². The van der Waals surface area contributed by atoms with Crippen LogP contribution in [-0.2, 0) is 0 Å². The third kappa shape index (κ3) is 3.67. The zero-order chi connectivity index (χ0) is 17.3. The number of ether oxygens (including phenoxy) is 1. The Bertz CT molecular complexity index is 909. The molecule has 1 heterocycles. The van der Waals surface area contributed by atoms with Gasteiger partial charge in [-0.2, -0.15) is 0 Å². The second-order valence-electron chi connectivity index (χ2n) is 4.69. The summed E-state index contributed by atoms with van der Waals surface area (Å²) in [7, 11) is 0. The van der Waals surface area contributed by atoms with Crippen LogP contribution in [0.25, 0.3) is 21.7 Å². The van der Waals surface area contributed by atoms with Crippen LogP contribution in [0.3, 0.4) is 0 Å². The maximum atomic E-state index is 13.7. The third-order valence-corrected chi connectivity index (χ3v) is 4.44. The Labute approximate surface area is 150 Å². The van der Waals surface area contributed by atoms with E-state index in [4.69, 9.17) is 28.3 Å². The fourth-order valence-corrected chi connectivity index (χ4v) is 3.46. The smallest absolute Gasteiger partial charge is 0.449 e. The third-order valence-electron chi connectivity index (χ3n) is 3.00. The number of aromatic nitrogens is 1. The predicted octanol–water partition coefficient (Wildman–Crippen LogP) is 5.98. The highest BCUT2D eigenvalue weighted by Crippen LogP contribution is 2.41. The number of thiazole rings is 1. The highest BCUT2D eigenvalue weighted by molar-refractivity contribution is 7.17. The average molecular weight is 384 g/mol. The number of hydrogen-bond acceptors (Lipinski definition) is 4. The molecule has 0 aliphatic rings. The summed E-state index contributed by atoms with van der Waals surface area (Å²) in [6, 6.07) is 10.9. The van der Waals surface area contributed by atoms with E-state index in [9.17, 15) is 9.18 Å². The highest BCUT2D eigenvalue weighted by Gasteiger charge is 2.18. The van der Waals surface area contributed by atoms with E-state index in [1.807, 2.05) is 0 Å². The molecule has 0 spiro atoms. The Balaban J connectivity index is 2.19. The molecule has 0 unspecified atom stereocenters. The second kappa shape index (κ2) is 6.76. The lowest BCUT2D eigenvalue weighted by Crippen LogP contribution is -2.02. The van der Waals surface area contributed by atoms with E-state index < -0.39 is 12.0 Å². The monoisotopic (exact) mass is 383 g/mol. The first-order chi connectivity index (χ1) is 11.4. The van der Waals surface area contributed by atoms with Crippen molar-refractivity contribution in [3.05, 3.63) is 58.3 Å². The molecule has 122 valence electrons. The van der Waals surface area contributed by atoms with Crippen LogP contribution in [0.4, 0.5) is 9.18 Å². The summed E-state index contributed by atoms with van der Waals surface area (Å²) in [5, 5.41) is 9.42. The first-order valence-corrected chi connectivity index (χ1v) is 8.13. The molecule has 0 bridgehead atoms. The quantitative estimate of drug-likeness (QED) is 0.565. The standard InChI is InChI=1S/C16H8Cl2FNO3S/c17-10-3-1-2-8(4-10)13-14(24-15(20-13)23-16(21)22)9-5-11(18)7-12(19)6-9/h1-7H,(H,21,22). The molecule has 3 aromatic rings. The first kappa shape index (κ1) is 16.7. The molecule has 1 N–H and O–H groups in total. The molecule has 24 heavy (non-hydrogen) atoms. The molecule has 0 amide bonds. The summed E-state index contributed by atoms with van der Waals surface area (Å²) >= 11 is 12.9. The van der Waals surface area contributed by atoms with Crippen LogP contribution in [0.15, 0.2) is 42.5 Å². The largest absolute Gasteiger partial charge is 0.513 e. The molecule has 0 radical (unpaired) electrons. The Morgan fingerprint density at radius 3 is 2.54 bits per heavy atom. The van der Waals surface area contributed by atoms with Gasteiger partial charge in [-0.15, -0.1) is 0 Å². The first-order valence-electron chi connectivity index (χ1n) is 6.56. The van der Waals surface area contributed by atoms with Crippen molar-refractivity contribution in [1.82, 2.24) is 4.98 Å². The molecule has 0 fully saturated rings. The number of carboxylic acid groups (broad SMARTS) is 1. The van der Waals surface area contributed by atoms with Gasteiger partial charge in [-0.25, -0.2) is 14.2 Å². The van der Waals surface area contributed by atoms with Crippen molar-refractivity contribution in [2.75, 3.05) is 0 Å². The molecule has 2 aromatic carbocycles. The van der Waals surface area contributed by atoms with Gasteiger partial charge in [-0.1, -0.05) is 46.7 Å². The van der Waals surface area contributed by atoms with Crippen molar-refractivity contribution in [3.8, 4) is 26.9 Å². The van der Waals surface area contributed by atoms with Crippen molar-refractivity contribution >= 4 is 40.7 Å². The van der Waals surface area contributed by atoms with E-state index in [1.54, 1.807) is 30.3 Å². The normalized spacial score (nSPS) is 10.6. The number of benzene rings is 2. The van der Waals surface area contributed by atoms with Crippen molar-refractivity contribution in [1.29, 1.82) is 0 Å². The van der Waals surface area contributed by atoms with Crippen molar-refractivity contribution in [2.24, 2.45) is 0 Å². The fraction of sp³-hybridized carbons (Fsp3) is 0. The lowest BCUT2D eigenvalue weighted by molar-refractivity contribution is 0.144. The van der Waals surface area contributed by atoms with E-state index in [2.05, 4.69) is 9.72 Å². The average Bonchev–Trinajstić information content (AvgIpc) is 2.89. The molecule has 8 heteroatoms. The minimum atomic E-state index is -1.48. The van der Waals surface area contributed by atoms with Crippen LogP contribution in [0.5, 0.6) is 5.19 Å². The number of carbonyl (C=O) groups is 1. The maximum Gasteiger partial charge on any atom is 0.513 e. The van der Waals surface area contributed by atoms with E-state index in [-0.39, 0.29) is 10.2 Å². The Morgan fingerprint density at radius 1 is 1.12 bits per heavy atom. The van der Waals surface area contributed by atoms with Crippen molar-refractivity contribution in [3.63, 3.8) is 0 Å². The van der Waals surface area contributed by atoms with E-state index in [0.717, 1.165) is 11.3 Å². The second-order valence-corrected chi connectivity index (χ2v) is 6.53. The molecule has 0 atom stereocenters. The van der Waals surface area contributed by atoms with Gasteiger partial charge in [0.25, 0.3) is 5.19 Å². The number of rotatable bonds is 3. The van der Waals surface area contributed by atoms with Crippen LogP contribution >= 0.6 is 34.5 Å². The molecule has 0 saturated carbocycles. The van der Waals surface area contributed by atoms with Gasteiger partial charge in [0.2, 0.25) is 0 Å². The Morgan fingerprint density at radius 2 is 1.88 bits per heavy atom. The molecular weight excluding hydrogens is 376 g/mol. The van der Waals surface area contributed by atoms with Crippen molar-refractivity contribution < 1.29 is 19.0 Å². The molecule has 3 rings (SSSR count). The van der Waals surface area contributed by atoms with E-state index >= 15 is 0 Å². The van der Waals surface area contributed by atoms with Gasteiger partial charge in [0.15, 0.2) is 0 Å². The highest BCUT2D eigenvalue weighted by atomic mass is 35.5. The summed E-state index contributed by atoms with van der Waals surface area (Å²) in [6.07, 6.45) is -1.48. The molecule has 0 aliphatic carbocycles. The number of hydrogen-bond donors (Lipinski definition) is 1. The molecule has 0 saturated heterocycles. The fourth-order valence-electron chi connectivity index (χ4n) is 2.13. The van der Waals surface area contributed by atoms with Crippen LogP contribution < -0.4 is 4.74 Å². The minimum Gasteiger partial charge on any atom is -0.449 e. The van der Waals surface area contributed by atoms with Crippen LogP contribution in [-0.4, -0.2) is 16.2 Å². The number of halogens is 3. The summed E-state index contributed by atoms with van der Waals surface area (Å²) < 4.78 is 18.3. The van der Waals surface area contributed by atoms with Gasteiger partial charge in [-0.05, 0) is 35.9 Å². The Hall–Kier alpha value is -2.15. The zero-order valence-corrected chi connectivity index (χ0v) is 14.1. The van der Waals surface area contributed by atoms with Gasteiger partial charge >= 0.3 is 6.16 Å². The van der Waals surface area contributed by atoms with Gasteiger partial charge in [0, 0.05) is 15.6 Å². The SMILES string of the molecule is O=C(O)Oc1nc(-c2cccc(Cl)c2)c(-c2cc(F)cc(Cl)c2)s1. The lowest BCUT2D eigenvalue weighted by atomic mass is 10.1. The lowest BCUT2D eigenvalue weighted by Gasteiger charge is -2.04. The topological polar surface area (TPSA) is 59.4 Å². The summed E-state index contributed by atoms with van der Waals surface area (Å²) in [4.78, 5) is 15.5. The predicted molar refractivity (Wildman–Crippen MR) is 91.6 cm³/mol. The van der Waals surface area contributed by atoms with Gasteiger partial charge < -0.3 is 9.84 Å². The molecule has 0 aliphatic heterocycles. The molecular formula is C16H8Cl2FNO3S. The van der Waals surface area contributed by atoms with Gasteiger partial charge in [0.05, 0.1) is 10.6 Å². The maximum absolute atomic E-state index is 13.7. The molecule has 4 nitrogen and oxygen atoms in total. The van der Waals surface area contributed by atoms with Crippen LogP contribution in [0.1, 0.15) is 0 Å². The zero-order valence-electron chi connectivity index (χ0n) is 11.8. The Kier molecular flexibility index (Phi) is 4.71. The van der Waals surface area contributed by atoms with E-state index in [1.165, 1.54) is 12.1 Å². The van der Waals surface area contributed by atoms with E-state index in [0.29, 0.717) is 26.7 Å². The minimum absolute atomic E-state index is 0.0761. The van der Waals surface area contributed by atoms with Crippen LogP contribution in [0, 0.1) is 5.82 Å². The summed E-state index contributed by atoms with van der Waals surface area (Å²) in [6.45, 7) is 0. The summed E-state index contributed by atoms with van der Waals surface area (Å²) in [5.41, 5.74) is 1.54. The van der Waals surface area contributed by atoms with Gasteiger partial charge in [0.1, 0.15) is 5.82 Å².